The standard InChI is InChI=1S/C35H50N4O7/c1-10-17-38-25-16-14-13-15-24(25)36-31(38)45-23-18-26(27(40)20-35(19-22(35)11-2)30(42)44-12-3)39(21-23)29(41)28(33(4,5)6)37-32(43)46-34(7,8)9/h10,13-16,22-23,26,28H,1,11-12,17-21H2,2-9H3,(H,37,43)/t22-,23-,26+,28-,35-/m1/s1. The number of allylic oxidation sites excluding steroid dienone is 1. The van der Waals surface area contributed by atoms with Crippen molar-refractivity contribution in [2.24, 2.45) is 16.7 Å². The Morgan fingerprint density at radius 2 is 1.83 bits per heavy atom. The number of fused-ring (bicyclic) bond motifs is 1. The molecule has 11 heteroatoms. The molecule has 0 unspecified atom stereocenters. The fourth-order valence-electron chi connectivity index (χ4n) is 6.43. The molecule has 2 fully saturated rings. The van der Waals surface area contributed by atoms with E-state index in [1.807, 2.05) is 56.5 Å². The maximum absolute atomic E-state index is 14.4. The van der Waals surface area contributed by atoms with E-state index in [4.69, 9.17) is 14.2 Å². The summed E-state index contributed by atoms with van der Waals surface area (Å²) in [4.78, 5) is 60.7. The van der Waals surface area contributed by atoms with Crippen LogP contribution in [-0.4, -0.2) is 75.1 Å². The number of nitrogens with zero attached hydrogens (tertiary/aromatic N) is 3. The first-order valence-corrected chi connectivity index (χ1v) is 16.3. The van der Waals surface area contributed by atoms with E-state index in [9.17, 15) is 19.2 Å². The first-order valence-electron chi connectivity index (χ1n) is 16.3. The molecule has 2 amide bonds. The van der Waals surface area contributed by atoms with Gasteiger partial charge in [-0.25, -0.2) is 4.79 Å². The van der Waals surface area contributed by atoms with Crippen LogP contribution >= 0.6 is 0 Å². The maximum atomic E-state index is 14.4. The zero-order chi connectivity index (χ0) is 34.0. The molecule has 252 valence electrons. The number of ketones is 1. The molecule has 2 aliphatic rings. The van der Waals surface area contributed by atoms with Crippen molar-refractivity contribution in [2.75, 3.05) is 13.2 Å². The molecule has 0 spiro atoms. The summed E-state index contributed by atoms with van der Waals surface area (Å²) in [5, 5.41) is 2.76. The highest BCUT2D eigenvalue weighted by Crippen LogP contribution is 2.58. The van der Waals surface area contributed by atoms with E-state index < -0.39 is 46.6 Å². The van der Waals surface area contributed by atoms with Crippen molar-refractivity contribution in [1.82, 2.24) is 19.8 Å². The quantitative estimate of drug-likeness (QED) is 0.240. The highest BCUT2D eigenvalue weighted by molar-refractivity contribution is 5.96. The second-order valence-electron chi connectivity index (χ2n) is 14.5. The third-order valence-corrected chi connectivity index (χ3v) is 8.79. The SMILES string of the molecule is C=CCn1c(O[C@@H]2C[C@@H](C(=O)C[C@]3(C(=O)OCC)C[C@H]3CC)N(C(=O)[C@@H](NC(=O)OC(C)(C)C)C(C)(C)C)C2)nc2ccccc21. The number of likely N-dealkylation sites (tertiary alicyclic amines) is 1. The molecule has 1 aromatic carbocycles. The van der Waals surface area contributed by atoms with Crippen LogP contribution in [0.5, 0.6) is 6.01 Å². The number of para-hydroxylation sites is 2. The van der Waals surface area contributed by atoms with Crippen LogP contribution in [0.1, 0.15) is 81.1 Å². The summed E-state index contributed by atoms with van der Waals surface area (Å²) in [6.07, 6.45) is 1.96. The van der Waals surface area contributed by atoms with Crippen LogP contribution in [0.4, 0.5) is 4.79 Å². The summed E-state index contributed by atoms with van der Waals surface area (Å²) in [6, 6.07) is 6.15. The number of carbonyl (C=O) groups excluding carboxylic acids is 4. The fraction of sp³-hybridized carbons (Fsp3) is 0.629. The second kappa shape index (κ2) is 13.5. The lowest BCUT2D eigenvalue weighted by molar-refractivity contribution is -0.153. The molecule has 1 saturated carbocycles. The van der Waals surface area contributed by atoms with Crippen LogP contribution in [0.3, 0.4) is 0 Å². The summed E-state index contributed by atoms with van der Waals surface area (Å²) in [5.41, 5.74) is -0.733. The number of imidazole rings is 1. The minimum Gasteiger partial charge on any atom is -0.466 e. The molecule has 4 rings (SSSR count). The number of esters is 1. The van der Waals surface area contributed by atoms with Gasteiger partial charge in [-0.1, -0.05) is 52.3 Å². The number of alkyl carbamates (subject to hydrolysis) is 1. The lowest BCUT2D eigenvalue weighted by Gasteiger charge is -2.36. The minimum absolute atomic E-state index is 0.0276. The topological polar surface area (TPSA) is 129 Å². The Balaban J connectivity index is 1.66. The van der Waals surface area contributed by atoms with Crippen molar-refractivity contribution < 1.29 is 33.4 Å². The van der Waals surface area contributed by atoms with Crippen molar-refractivity contribution in [2.45, 2.75) is 111 Å². The van der Waals surface area contributed by atoms with Crippen LogP contribution in [0.15, 0.2) is 36.9 Å². The maximum Gasteiger partial charge on any atom is 0.408 e. The number of Topliss-reactive ketones (excluding diaryl/α,β-unsaturated/α-hetero) is 1. The molecule has 1 aliphatic carbocycles. The molecule has 1 aliphatic heterocycles. The number of carbonyl (C=O) groups is 4. The summed E-state index contributed by atoms with van der Waals surface area (Å²) >= 11 is 0. The van der Waals surface area contributed by atoms with Crippen molar-refractivity contribution in [3.63, 3.8) is 0 Å². The Morgan fingerprint density at radius 1 is 1.13 bits per heavy atom. The highest BCUT2D eigenvalue weighted by atomic mass is 16.6. The number of benzene rings is 1. The van der Waals surface area contributed by atoms with Crippen molar-refractivity contribution in [3.05, 3.63) is 36.9 Å². The molecular formula is C35H50N4O7. The molecule has 0 bridgehead atoms. The number of nitrogens with one attached hydrogen (secondary N) is 1. The third kappa shape index (κ3) is 7.56. The molecule has 2 aromatic rings. The molecule has 1 saturated heterocycles. The first kappa shape index (κ1) is 35.0. The van der Waals surface area contributed by atoms with Crippen molar-refractivity contribution in [3.8, 4) is 6.01 Å². The van der Waals surface area contributed by atoms with Gasteiger partial charge >= 0.3 is 12.1 Å². The lowest BCUT2D eigenvalue weighted by atomic mass is 9.85. The average Bonchev–Trinajstić information content (AvgIpc) is 3.34. The highest BCUT2D eigenvalue weighted by Gasteiger charge is 2.62. The van der Waals surface area contributed by atoms with Crippen LogP contribution in [0.2, 0.25) is 0 Å². The van der Waals surface area contributed by atoms with Crippen LogP contribution in [-0.2, 0) is 30.4 Å². The monoisotopic (exact) mass is 638 g/mol. The Hall–Kier alpha value is -3.89. The van der Waals surface area contributed by atoms with Gasteiger partial charge in [-0.15, -0.1) is 6.58 Å². The summed E-state index contributed by atoms with van der Waals surface area (Å²) < 4.78 is 19.2. The van der Waals surface area contributed by atoms with Crippen LogP contribution < -0.4 is 10.1 Å². The van der Waals surface area contributed by atoms with Crippen molar-refractivity contribution >= 4 is 34.8 Å². The van der Waals surface area contributed by atoms with Crippen LogP contribution in [0, 0.1) is 16.7 Å². The van der Waals surface area contributed by atoms with Gasteiger partial charge in [0.15, 0.2) is 5.78 Å². The van der Waals surface area contributed by atoms with Gasteiger partial charge in [0.1, 0.15) is 17.7 Å². The number of rotatable bonds is 12. The lowest BCUT2D eigenvalue weighted by Crippen LogP contribution is -2.57. The minimum atomic E-state index is -0.995. The molecule has 46 heavy (non-hydrogen) atoms. The summed E-state index contributed by atoms with van der Waals surface area (Å²) in [5.74, 6) is -0.970. The smallest absolute Gasteiger partial charge is 0.408 e. The normalized spacial score (nSPS) is 23.5. The predicted octanol–water partition coefficient (Wildman–Crippen LogP) is 5.45. The molecule has 1 N–H and O–H groups in total. The number of hydrogen-bond donors (Lipinski definition) is 1. The van der Waals surface area contributed by atoms with E-state index in [0.29, 0.717) is 19.0 Å². The number of aromatic nitrogens is 2. The predicted molar refractivity (Wildman–Crippen MR) is 174 cm³/mol. The summed E-state index contributed by atoms with van der Waals surface area (Å²) in [7, 11) is 0. The number of hydrogen-bond acceptors (Lipinski definition) is 8. The van der Waals surface area contributed by atoms with Gasteiger partial charge in [0.05, 0.1) is 35.6 Å². The Morgan fingerprint density at radius 3 is 2.41 bits per heavy atom. The summed E-state index contributed by atoms with van der Waals surface area (Å²) in [6.45, 7) is 19.2. The van der Waals surface area contributed by atoms with Gasteiger partial charge in [-0.3, -0.25) is 19.0 Å². The second-order valence-corrected chi connectivity index (χ2v) is 14.5. The molecule has 1 aromatic heterocycles. The van der Waals surface area contributed by atoms with Gasteiger partial charge < -0.3 is 24.4 Å². The van der Waals surface area contributed by atoms with E-state index in [-0.39, 0.29) is 43.7 Å². The molecular weight excluding hydrogens is 588 g/mol. The molecule has 5 atom stereocenters. The molecule has 2 heterocycles. The third-order valence-electron chi connectivity index (χ3n) is 8.79. The number of amides is 2. The van der Waals surface area contributed by atoms with E-state index in [0.717, 1.165) is 17.5 Å². The van der Waals surface area contributed by atoms with Gasteiger partial charge in [-0.2, -0.15) is 4.98 Å². The van der Waals surface area contributed by atoms with Crippen molar-refractivity contribution in [1.29, 1.82) is 0 Å². The first-order chi connectivity index (χ1) is 21.5. The van der Waals surface area contributed by atoms with Gasteiger partial charge in [0.25, 0.3) is 6.01 Å². The Labute approximate surface area is 272 Å². The van der Waals surface area contributed by atoms with E-state index in [1.54, 1.807) is 33.8 Å². The van der Waals surface area contributed by atoms with E-state index in [2.05, 4.69) is 16.9 Å². The number of ether oxygens (including phenoxy) is 3. The Bertz CT molecular complexity index is 1470. The molecule has 11 nitrogen and oxygen atoms in total. The van der Waals surface area contributed by atoms with E-state index in [1.165, 1.54) is 4.90 Å². The largest absolute Gasteiger partial charge is 0.466 e. The van der Waals surface area contributed by atoms with Gasteiger partial charge in [0, 0.05) is 19.4 Å². The van der Waals surface area contributed by atoms with Crippen LogP contribution in [0.25, 0.3) is 11.0 Å². The molecule has 0 radical (unpaired) electrons. The van der Waals surface area contributed by atoms with Gasteiger partial charge in [0.2, 0.25) is 5.91 Å². The zero-order valence-electron chi connectivity index (χ0n) is 28.6. The average molecular weight is 639 g/mol. The zero-order valence-corrected chi connectivity index (χ0v) is 28.6. The van der Waals surface area contributed by atoms with E-state index >= 15 is 0 Å². The fourth-order valence-corrected chi connectivity index (χ4v) is 6.43. The van der Waals surface area contributed by atoms with Gasteiger partial charge in [-0.05, 0) is 57.6 Å². The Kier molecular flexibility index (Phi) is 10.2.